The Morgan fingerprint density at radius 2 is 1.83 bits per heavy atom. The third kappa shape index (κ3) is 3.31. The van der Waals surface area contributed by atoms with E-state index in [1.54, 1.807) is 30.3 Å². The fourth-order valence-electron chi connectivity index (χ4n) is 3.03. The van der Waals surface area contributed by atoms with Crippen LogP contribution in [-0.4, -0.2) is 27.5 Å². The number of carbonyl (C=O) groups excluding carboxylic acids is 1. The van der Waals surface area contributed by atoms with E-state index in [2.05, 4.69) is 9.97 Å². The largest absolute Gasteiger partial charge is 0.333 e. The second-order valence-electron chi connectivity index (χ2n) is 6.37. The van der Waals surface area contributed by atoms with Crippen LogP contribution in [0, 0.1) is 5.82 Å². The summed E-state index contributed by atoms with van der Waals surface area (Å²) in [4.78, 5) is 45.8. The van der Waals surface area contributed by atoms with Gasteiger partial charge in [-0.3, -0.25) is 14.5 Å². The van der Waals surface area contributed by atoms with Crippen molar-refractivity contribution in [2.45, 2.75) is 0 Å². The van der Waals surface area contributed by atoms with Crippen LogP contribution in [0.1, 0.15) is 10.4 Å². The van der Waals surface area contributed by atoms with Gasteiger partial charge in [0, 0.05) is 12.6 Å². The Labute approximate surface area is 163 Å². The average Bonchev–Trinajstić information content (AvgIpc) is 2.73. The fourth-order valence-corrected chi connectivity index (χ4v) is 3.03. The van der Waals surface area contributed by atoms with E-state index in [0.29, 0.717) is 5.69 Å². The average molecular weight is 390 g/mol. The SMILES string of the molecule is CN(C(=O)c1ccc2c(=O)n(-c3ccccc3)c(=O)[nH]c2c1)c1ccc(F)cn1. The maximum Gasteiger partial charge on any atom is 0.333 e. The predicted molar refractivity (Wildman–Crippen MR) is 107 cm³/mol. The first-order chi connectivity index (χ1) is 14.0. The summed E-state index contributed by atoms with van der Waals surface area (Å²) in [5.41, 5.74) is -0.144. The zero-order valence-corrected chi connectivity index (χ0v) is 15.3. The summed E-state index contributed by atoms with van der Waals surface area (Å²) in [6, 6.07) is 15.6. The summed E-state index contributed by atoms with van der Waals surface area (Å²) in [6.45, 7) is 0. The van der Waals surface area contributed by atoms with Crippen LogP contribution >= 0.6 is 0 Å². The van der Waals surface area contributed by atoms with Gasteiger partial charge in [0.15, 0.2) is 0 Å². The number of aromatic nitrogens is 3. The summed E-state index contributed by atoms with van der Waals surface area (Å²) >= 11 is 0. The molecule has 0 spiro atoms. The quantitative estimate of drug-likeness (QED) is 0.582. The van der Waals surface area contributed by atoms with Gasteiger partial charge >= 0.3 is 5.69 Å². The van der Waals surface area contributed by atoms with Gasteiger partial charge in [0.2, 0.25) is 0 Å². The van der Waals surface area contributed by atoms with Crippen molar-refractivity contribution < 1.29 is 9.18 Å². The molecule has 0 radical (unpaired) electrons. The molecule has 0 aliphatic carbocycles. The number of fused-ring (bicyclic) bond motifs is 1. The van der Waals surface area contributed by atoms with Crippen LogP contribution in [0.5, 0.6) is 0 Å². The van der Waals surface area contributed by atoms with Crippen LogP contribution in [0.15, 0.2) is 76.4 Å². The molecule has 144 valence electrons. The number of para-hydroxylation sites is 1. The first-order valence-electron chi connectivity index (χ1n) is 8.70. The first-order valence-corrected chi connectivity index (χ1v) is 8.70. The highest BCUT2D eigenvalue weighted by Gasteiger charge is 2.17. The number of halogens is 1. The highest BCUT2D eigenvalue weighted by molar-refractivity contribution is 6.06. The van der Waals surface area contributed by atoms with Crippen molar-refractivity contribution in [3.05, 3.63) is 99.1 Å². The minimum Gasteiger partial charge on any atom is -0.306 e. The minimum absolute atomic E-state index is 0.249. The summed E-state index contributed by atoms with van der Waals surface area (Å²) in [5, 5.41) is 0.271. The molecule has 8 heteroatoms. The number of aromatic amines is 1. The fraction of sp³-hybridized carbons (Fsp3) is 0.0476. The van der Waals surface area contributed by atoms with E-state index in [-0.39, 0.29) is 22.3 Å². The van der Waals surface area contributed by atoms with Crippen LogP contribution in [0.25, 0.3) is 16.6 Å². The van der Waals surface area contributed by atoms with Crippen LogP contribution < -0.4 is 16.1 Å². The molecule has 2 aromatic carbocycles. The first kappa shape index (κ1) is 18.3. The summed E-state index contributed by atoms with van der Waals surface area (Å²) in [7, 11) is 1.50. The lowest BCUT2D eigenvalue weighted by atomic mass is 10.1. The Hall–Kier alpha value is -4.07. The van der Waals surface area contributed by atoms with Crippen molar-refractivity contribution in [2.24, 2.45) is 0 Å². The molecule has 1 N–H and O–H groups in total. The number of rotatable bonds is 3. The summed E-state index contributed by atoms with van der Waals surface area (Å²) < 4.78 is 14.1. The monoisotopic (exact) mass is 390 g/mol. The topological polar surface area (TPSA) is 88.1 Å². The minimum atomic E-state index is -0.605. The lowest BCUT2D eigenvalue weighted by Crippen LogP contribution is -2.33. The Balaban J connectivity index is 1.77. The number of H-pyrrole nitrogens is 1. The number of pyridine rings is 1. The molecule has 0 saturated carbocycles. The summed E-state index contributed by atoms with van der Waals surface area (Å²) in [5.74, 6) is -0.656. The Morgan fingerprint density at radius 1 is 1.07 bits per heavy atom. The van der Waals surface area contributed by atoms with E-state index in [0.717, 1.165) is 10.8 Å². The predicted octanol–water partition coefficient (Wildman–Crippen LogP) is 2.49. The van der Waals surface area contributed by atoms with E-state index in [1.165, 1.54) is 42.3 Å². The normalized spacial score (nSPS) is 10.8. The molecule has 0 saturated heterocycles. The van der Waals surface area contributed by atoms with E-state index in [1.807, 2.05) is 0 Å². The maximum absolute atomic E-state index is 13.0. The van der Waals surface area contributed by atoms with Crippen molar-refractivity contribution in [1.29, 1.82) is 0 Å². The van der Waals surface area contributed by atoms with Crippen molar-refractivity contribution in [3.8, 4) is 5.69 Å². The van der Waals surface area contributed by atoms with Gasteiger partial charge in [0.05, 0.1) is 22.8 Å². The van der Waals surface area contributed by atoms with Gasteiger partial charge in [0.1, 0.15) is 11.6 Å². The third-order valence-electron chi connectivity index (χ3n) is 4.52. The van der Waals surface area contributed by atoms with Crippen LogP contribution in [0.4, 0.5) is 10.2 Å². The van der Waals surface area contributed by atoms with E-state index in [4.69, 9.17) is 0 Å². The van der Waals surface area contributed by atoms with Crippen molar-refractivity contribution in [3.63, 3.8) is 0 Å². The molecule has 0 bridgehead atoms. The number of nitrogens with zero attached hydrogens (tertiary/aromatic N) is 3. The van der Waals surface area contributed by atoms with Crippen molar-refractivity contribution in [2.75, 3.05) is 11.9 Å². The lowest BCUT2D eigenvalue weighted by Gasteiger charge is -2.16. The van der Waals surface area contributed by atoms with Crippen LogP contribution in [0.2, 0.25) is 0 Å². The molecular formula is C21H15FN4O3. The number of nitrogens with one attached hydrogen (secondary N) is 1. The molecule has 0 aliphatic rings. The molecular weight excluding hydrogens is 375 g/mol. The molecule has 0 fully saturated rings. The number of hydrogen-bond donors (Lipinski definition) is 1. The zero-order valence-electron chi connectivity index (χ0n) is 15.3. The smallest absolute Gasteiger partial charge is 0.306 e. The van der Waals surface area contributed by atoms with Gasteiger partial charge < -0.3 is 4.98 Å². The molecule has 4 aromatic rings. The highest BCUT2D eigenvalue weighted by atomic mass is 19.1. The Morgan fingerprint density at radius 3 is 2.52 bits per heavy atom. The van der Waals surface area contributed by atoms with E-state index in [9.17, 15) is 18.8 Å². The van der Waals surface area contributed by atoms with E-state index >= 15 is 0 Å². The molecule has 2 aromatic heterocycles. The molecule has 0 aliphatic heterocycles. The molecule has 7 nitrogen and oxygen atoms in total. The molecule has 4 rings (SSSR count). The van der Waals surface area contributed by atoms with Gasteiger partial charge in [-0.25, -0.2) is 18.7 Å². The summed E-state index contributed by atoms with van der Waals surface area (Å²) in [6.07, 6.45) is 1.02. The van der Waals surface area contributed by atoms with E-state index < -0.39 is 23.0 Å². The standard InChI is InChI=1S/C21H15FN4O3/c1-25(18-10-8-14(22)12-23-18)19(27)13-7-9-16-17(11-13)24-21(29)26(20(16)28)15-5-3-2-4-6-15/h2-12H,1H3,(H,24,29). The van der Waals surface area contributed by atoms with Gasteiger partial charge in [-0.05, 0) is 42.5 Å². The molecule has 2 heterocycles. The highest BCUT2D eigenvalue weighted by Crippen LogP contribution is 2.16. The van der Waals surface area contributed by atoms with Gasteiger partial charge in [0.25, 0.3) is 11.5 Å². The molecule has 1 amide bonds. The molecule has 29 heavy (non-hydrogen) atoms. The number of hydrogen-bond acceptors (Lipinski definition) is 4. The number of carbonyl (C=O) groups is 1. The maximum atomic E-state index is 13.0. The number of anilines is 1. The van der Waals surface area contributed by atoms with Crippen LogP contribution in [-0.2, 0) is 0 Å². The molecule has 0 unspecified atom stereocenters. The zero-order chi connectivity index (χ0) is 20.5. The number of amides is 1. The number of benzene rings is 2. The third-order valence-corrected chi connectivity index (χ3v) is 4.52. The second-order valence-corrected chi connectivity index (χ2v) is 6.37. The lowest BCUT2D eigenvalue weighted by molar-refractivity contribution is 0.0992. The Bertz CT molecular complexity index is 1330. The molecule has 0 atom stereocenters. The van der Waals surface area contributed by atoms with Gasteiger partial charge in [-0.2, -0.15) is 0 Å². The Kier molecular flexibility index (Phi) is 4.52. The second kappa shape index (κ2) is 7.16. The van der Waals surface area contributed by atoms with Gasteiger partial charge in [-0.15, -0.1) is 0 Å². The van der Waals surface area contributed by atoms with Crippen molar-refractivity contribution in [1.82, 2.24) is 14.5 Å². The van der Waals surface area contributed by atoms with Gasteiger partial charge in [-0.1, -0.05) is 18.2 Å². The van der Waals surface area contributed by atoms with Crippen molar-refractivity contribution >= 4 is 22.6 Å². The van der Waals surface area contributed by atoms with Crippen LogP contribution in [0.3, 0.4) is 0 Å².